The van der Waals surface area contributed by atoms with Gasteiger partial charge in [-0.1, -0.05) is 23.2 Å². The van der Waals surface area contributed by atoms with Crippen molar-refractivity contribution < 1.29 is 22.1 Å². The Morgan fingerprint density at radius 1 is 1.09 bits per heavy atom. The van der Waals surface area contributed by atoms with Crippen molar-refractivity contribution in [1.82, 2.24) is 0 Å². The van der Waals surface area contributed by atoms with Crippen molar-refractivity contribution in [1.29, 1.82) is 0 Å². The van der Waals surface area contributed by atoms with Crippen LogP contribution in [-0.2, 0) is 14.9 Å². The first-order valence-electron chi connectivity index (χ1n) is 6.33. The van der Waals surface area contributed by atoms with Crippen molar-refractivity contribution in [3.63, 3.8) is 0 Å². The number of methoxy groups -OCH3 is 1. The number of carbonyl (C=O) groups excluding carboxylic acids is 1. The quantitative estimate of drug-likeness (QED) is 0.600. The van der Waals surface area contributed by atoms with Crippen molar-refractivity contribution in [3.05, 3.63) is 57.6 Å². The highest BCUT2D eigenvalue weighted by molar-refractivity contribution is 7.87. The molecule has 0 atom stereocenters. The molecule has 2 aromatic carbocycles. The van der Waals surface area contributed by atoms with Crippen LogP contribution in [0.1, 0.15) is 15.9 Å². The molecule has 0 N–H and O–H groups in total. The minimum Gasteiger partial charge on any atom is -0.465 e. The van der Waals surface area contributed by atoms with Crippen LogP contribution >= 0.6 is 23.2 Å². The van der Waals surface area contributed by atoms with Gasteiger partial charge in [-0.2, -0.15) is 8.42 Å². The molecule has 0 unspecified atom stereocenters. The Hall–Kier alpha value is -1.76. The van der Waals surface area contributed by atoms with Crippen molar-refractivity contribution in [2.75, 3.05) is 7.11 Å². The summed E-state index contributed by atoms with van der Waals surface area (Å²) >= 11 is 11.7. The molecule has 0 aromatic heterocycles. The first kappa shape index (κ1) is 17.6. The predicted octanol–water partition coefficient (Wildman–Crippen LogP) is 3.86. The standard InChI is InChI=1S/C15H12Cl2O5S/c1-9-7-10(15(18)21-2)3-6-14(9)23(19,20)22-13-5-4-11(16)8-12(13)17/h3-8H,1-2H3. The first-order chi connectivity index (χ1) is 10.7. The number of aryl methyl sites for hydroxylation is 1. The minimum atomic E-state index is -4.11. The second-order valence-corrected chi connectivity index (χ2v) is 6.94. The van der Waals surface area contributed by atoms with Gasteiger partial charge in [-0.15, -0.1) is 0 Å². The molecule has 0 spiro atoms. The average Bonchev–Trinajstić information content (AvgIpc) is 2.48. The fourth-order valence-electron chi connectivity index (χ4n) is 1.88. The highest BCUT2D eigenvalue weighted by Crippen LogP contribution is 2.30. The number of hydrogen-bond acceptors (Lipinski definition) is 5. The number of benzene rings is 2. The largest absolute Gasteiger partial charge is 0.465 e. The number of esters is 1. The summed E-state index contributed by atoms with van der Waals surface area (Å²) in [6, 6.07) is 8.23. The number of rotatable bonds is 4. The average molecular weight is 375 g/mol. The molecule has 0 heterocycles. The summed E-state index contributed by atoms with van der Waals surface area (Å²) < 4.78 is 34.4. The van der Waals surface area contributed by atoms with Gasteiger partial charge in [0, 0.05) is 5.02 Å². The molecule has 0 fully saturated rings. The molecular formula is C15H12Cl2O5S. The maximum absolute atomic E-state index is 12.4. The van der Waals surface area contributed by atoms with E-state index in [0.29, 0.717) is 10.6 Å². The molecule has 0 bridgehead atoms. The van der Waals surface area contributed by atoms with Gasteiger partial charge in [-0.05, 0) is 48.9 Å². The lowest BCUT2D eigenvalue weighted by atomic mass is 10.1. The second kappa shape index (κ2) is 6.78. The summed E-state index contributed by atoms with van der Waals surface area (Å²) in [6.45, 7) is 1.55. The van der Waals surface area contributed by atoms with Crippen LogP contribution in [0.4, 0.5) is 0 Å². The monoisotopic (exact) mass is 374 g/mol. The Balaban J connectivity index is 2.38. The van der Waals surface area contributed by atoms with Gasteiger partial charge >= 0.3 is 16.1 Å². The fraction of sp³-hybridized carbons (Fsp3) is 0.133. The predicted molar refractivity (Wildman–Crippen MR) is 86.8 cm³/mol. The highest BCUT2D eigenvalue weighted by atomic mass is 35.5. The van der Waals surface area contributed by atoms with Gasteiger partial charge < -0.3 is 8.92 Å². The minimum absolute atomic E-state index is 0.0347. The summed E-state index contributed by atoms with van der Waals surface area (Å²) in [7, 11) is -2.86. The Morgan fingerprint density at radius 3 is 2.35 bits per heavy atom. The maximum atomic E-state index is 12.4. The number of halogens is 2. The van der Waals surface area contributed by atoms with Crippen LogP contribution in [-0.4, -0.2) is 21.5 Å². The molecule has 5 nitrogen and oxygen atoms in total. The third-order valence-corrected chi connectivity index (χ3v) is 4.88. The van der Waals surface area contributed by atoms with E-state index in [-0.39, 0.29) is 21.2 Å². The van der Waals surface area contributed by atoms with Crippen LogP contribution in [0, 0.1) is 6.92 Å². The van der Waals surface area contributed by atoms with Crippen LogP contribution < -0.4 is 4.18 Å². The molecule has 2 aromatic rings. The van der Waals surface area contributed by atoms with Crippen molar-refractivity contribution >= 4 is 39.3 Å². The third-order valence-electron chi connectivity index (χ3n) is 2.96. The van der Waals surface area contributed by atoms with Gasteiger partial charge in [0.25, 0.3) is 0 Å². The van der Waals surface area contributed by atoms with Crippen LogP contribution in [0.2, 0.25) is 10.0 Å². The van der Waals surface area contributed by atoms with E-state index in [2.05, 4.69) is 4.74 Å². The summed E-state index contributed by atoms with van der Waals surface area (Å²) in [5.74, 6) is -0.591. The van der Waals surface area contributed by atoms with Gasteiger partial charge in [-0.3, -0.25) is 0 Å². The van der Waals surface area contributed by atoms with Gasteiger partial charge in [-0.25, -0.2) is 4.79 Å². The molecule has 2 rings (SSSR count). The Bertz CT molecular complexity index is 862. The third kappa shape index (κ3) is 3.96. The topological polar surface area (TPSA) is 69.7 Å². The molecule has 0 saturated heterocycles. The zero-order chi connectivity index (χ0) is 17.2. The molecule has 0 saturated carbocycles. The fourth-order valence-corrected chi connectivity index (χ4v) is 3.53. The lowest BCUT2D eigenvalue weighted by Gasteiger charge is -2.11. The van der Waals surface area contributed by atoms with Crippen LogP contribution in [0.5, 0.6) is 5.75 Å². The van der Waals surface area contributed by atoms with Crippen LogP contribution in [0.3, 0.4) is 0 Å². The van der Waals surface area contributed by atoms with E-state index in [9.17, 15) is 13.2 Å². The molecule has 8 heteroatoms. The van der Waals surface area contributed by atoms with E-state index in [1.165, 1.54) is 43.5 Å². The van der Waals surface area contributed by atoms with Crippen molar-refractivity contribution in [3.8, 4) is 5.75 Å². The first-order valence-corrected chi connectivity index (χ1v) is 8.49. The molecule has 23 heavy (non-hydrogen) atoms. The van der Waals surface area contributed by atoms with E-state index in [1.54, 1.807) is 6.92 Å². The Morgan fingerprint density at radius 2 is 1.78 bits per heavy atom. The lowest BCUT2D eigenvalue weighted by molar-refractivity contribution is 0.0600. The highest BCUT2D eigenvalue weighted by Gasteiger charge is 2.22. The Kier molecular flexibility index (Phi) is 5.19. The molecule has 0 aliphatic heterocycles. The van der Waals surface area contributed by atoms with Crippen LogP contribution in [0.25, 0.3) is 0 Å². The van der Waals surface area contributed by atoms with Crippen molar-refractivity contribution in [2.24, 2.45) is 0 Å². The Labute approximate surface area is 143 Å². The van der Waals surface area contributed by atoms with E-state index in [1.807, 2.05) is 0 Å². The smallest absolute Gasteiger partial charge is 0.339 e. The summed E-state index contributed by atoms with van der Waals surface area (Å²) in [6.07, 6.45) is 0. The van der Waals surface area contributed by atoms with E-state index in [0.717, 1.165) is 0 Å². The number of carbonyl (C=O) groups is 1. The molecule has 0 amide bonds. The van der Waals surface area contributed by atoms with Gasteiger partial charge in [0.1, 0.15) is 4.90 Å². The summed E-state index contributed by atoms with van der Waals surface area (Å²) in [5, 5.41) is 0.434. The number of ether oxygens (including phenoxy) is 1. The lowest BCUT2D eigenvalue weighted by Crippen LogP contribution is -2.12. The number of hydrogen-bond donors (Lipinski definition) is 0. The SMILES string of the molecule is COC(=O)c1ccc(S(=O)(=O)Oc2ccc(Cl)cc2Cl)c(C)c1. The maximum Gasteiger partial charge on any atom is 0.339 e. The summed E-state index contributed by atoms with van der Waals surface area (Å²) in [4.78, 5) is 11.4. The van der Waals surface area contributed by atoms with Gasteiger partial charge in [0.05, 0.1) is 17.7 Å². The van der Waals surface area contributed by atoms with Gasteiger partial charge in [0.2, 0.25) is 0 Å². The van der Waals surface area contributed by atoms with Crippen molar-refractivity contribution in [2.45, 2.75) is 11.8 Å². The van der Waals surface area contributed by atoms with E-state index >= 15 is 0 Å². The molecule has 0 aliphatic carbocycles. The molecule has 122 valence electrons. The zero-order valence-corrected chi connectivity index (χ0v) is 14.5. The summed E-state index contributed by atoms with van der Waals surface area (Å²) in [5.41, 5.74) is 0.589. The second-order valence-electron chi connectivity index (χ2n) is 4.58. The zero-order valence-electron chi connectivity index (χ0n) is 12.2. The normalized spacial score (nSPS) is 11.1. The molecular weight excluding hydrogens is 363 g/mol. The van der Waals surface area contributed by atoms with Crippen LogP contribution in [0.15, 0.2) is 41.3 Å². The van der Waals surface area contributed by atoms with E-state index in [4.69, 9.17) is 27.4 Å². The van der Waals surface area contributed by atoms with E-state index < -0.39 is 16.1 Å². The van der Waals surface area contributed by atoms with Gasteiger partial charge in [0.15, 0.2) is 5.75 Å². The molecule has 0 radical (unpaired) electrons. The molecule has 0 aliphatic rings.